The lowest BCUT2D eigenvalue weighted by Gasteiger charge is -2.20. The van der Waals surface area contributed by atoms with Crippen molar-refractivity contribution in [3.05, 3.63) is 46.8 Å². The highest BCUT2D eigenvalue weighted by Gasteiger charge is 2.38. The van der Waals surface area contributed by atoms with Crippen molar-refractivity contribution in [3.63, 3.8) is 0 Å². The molecule has 0 bridgehead atoms. The molecule has 1 N–H and O–H groups in total. The summed E-state index contributed by atoms with van der Waals surface area (Å²) in [7, 11) is 1.39. The summed E-state index contributed by atoms with van der Waals surface area (Å²) >= 11 is 0. The van der Waals surface area contributed by atoms with E-state index in [0.29, 0.717) is 0 Å². The molecule has 1 atom stereocenters. The number of hydrogen-bond acceptors (Lipinski definition) is 3. The Labute approximate surface area is 160 Å². The molecule has 2 aromatic rings. The third-order valence-electron chi connectivity index (χ3n) is 4.99. The Morgan fingerprint density at radius 3 is 2.71 bits per heavy atom. The molecule has 2 amide bonds. The molecule has 0 spiro atoms. The minimum absolute atomic E-state index is 0.0262. The van der Waals surface area contributed by atoms with Crippen molar-refractivity contribution in [2.75, 3.05) is 11.4 Å². The van der Waals surface area contributed by atoms with Crippen LogP contribution in [-0.4, -0.2) is 28.1 Å². The van der Waals surface area contributed by atoms with Crippen molar-refractivity contribution in [2.45, 2.75) is 33.0 Å². The molecule has 6 nitrogen and oxygen atoms in total. The number of amides is 2. The molecule has 1 aromatic heterocycles. The lowest BCUT2D eigenvalue weighted by molar-refractivity contribution is -0.142. The van der Waals surface area contributed by atoms with Gasteiger partial charge in [0.25, 0.3) is 0 Å². The van der Waals surface area contributed by atoms with Crippen molar-refractivity contribution < 1.29 is 22.8 Å². The number of nitrogens with one attached hydrogen (secondary N) is 1. The van der Waals surface area contributed by atoms with E-state index >= 15 is 0 Å². The summed E-state index contributed by atoms with van der Waals surface area (Å²) in [5.41, 5.74) is 1.62. The Balaban J connectivity index is 1.68. The van der Waals surface area contributed by atoms with Gasteiger partial charge >= 0.3 is 6.18 Å². The van der Waals surface area contributed by atoms with Crippen LogP contribution in [0.3, 0.4) is 0 Å². The molecule has 1 aromatic carbocycles. The van der Waals surface area contributed by atoms with Crippen LogP contribution < -0.4 is 10.2 Å². The molecular weight excluding hydrogens is 373 g/mol. The van der Waals surface area contributed by atoms with Crippen LogP contribution in [0.5, 0.6) is 0 Å². The predicted molar refractivity (Wildman–Crippen MR) is 96.4 cm³/mol. The minimum Gasteiger partial charge on any atom is -0.352 e. The van der Waals surface area contributed by atoms with Gasteiger partial charge in [0.05, 0.1) is 5.92 Å². The standard InChI is InChI=1S/C19H21F3N4O2/c1-11-5-4-6-15(12(11)2)26-10-13(7-16(26)27)18(28)23-8-14-9-25(3)24-17(14)19(20,21)22/h4-6,9,13H,7-8,10H2,1-3H3,(H,23,28). The summed E-state index contributed by atoms with van der Waals surface area (Å²) in [4.78, 5) is 26.4. The van der Waals surface area contributed by atoms with Crippen molar-refractivity contribution in [3.8, 4) is 0 Å². The second-order valence-corrected chi connectivity index (χ2v) is 7.02. The van der Waals surface area contributed by atoms with E-state index in [1.54, 1.807) is 4.90 Å². The highest BCUT2D eigenvalue weighted by atomic mass is 19.4. The molecule has 0 radical (unpaired) electrons. The van der Waals surface area contributed by atoms with E-state index in [1.165, 1.54) is 13.2 Å². The first kappa shape index (κ1) is 19.9. The van der Waals surface area contributed by atoms with Crippen LogP contribution in [0.4, 0.5) is 18.9 Å². The number of aromatic nitrogens is 2. The SMILES string of the molecule is Cc1cccc(N2CC(C(=O)NCc3cn(C)nc3C(F)(F)F)CC2=O)c1C. The maximum Gasteiger partial charge on any atom is 0.435 e. The van der Waals surface area contributed by atoms with Gasteiger partial charge in [-0.25, -0.2) is 0 Å². The van der Waals surface area contributed by atoms with Crippen LogP contribution in [0, 0.1) is 19.8 Å². The molecule has 28 heavy (non-hydrogen) atoms. The van der Waals surface area contributed by atoms with E-state index < -0.39 is 23.7 Å². The Morgan fingerprint density at radius 2 is 2.04 bits per heavy atom. The number of rotatable bonds is 4. The zero-order chi connectivity index (χ0) is 20.6. The molecule has 9 heteroatoms. The summed E-state index contributed by atoms with van der Waals surface area (Å²) in [6, 6.07) is 5.61. The van der Waals surface area contributed by atoms with E-state index in [2.05, 4.69) is 10.4 Å². The topological polar surface area (TPSA) is 67.2 Å². The molecule has 0 aliphatic carbocycles. The fourth-order valence-electron chi connectivity index (χ4n) is 3.38. The first-order chi connectivity index (χ1) is 13.1. The van der Waals surface area contributed by atoms with Crippen LogP contribution in [0.25, 0.3) is 0 Å². The summed E-state index contributed by atoms with van der Waals surface area (Å²) < 4.78 is 40.1. The molecule has 2 heterocycles. The van der Waals surface area contributed by atoms with Crippen molar-refractivity contribution in [2.24, 2.45) is 13.0 Å². The quantitative estimate of drug-likeness (QED) is 0.867. The van der Waals surface area contributed by atoms with Gasteiger partial charge in [-0.1, -0.05) is 12.1 Å². The second kappa shape index (κ2) is 7.29. The summed E-state index contributed by atoms with van der Waals surface area (Å²) in [5.74, 6) is -1.23. The third-order valence-corrected chi connectivity index (χ3v) is 4.99. The average molecular weight is 394 g/mol. The van der Waals surface area contributed by atoms with Crippen LogP contribution >= 0.6 is 0 Å². The van der Waals surface area contributed by atoms with Crippen molar-refractivity contribution in [1.82, 2.24) is 15.1 Å². The van der Waals surface area contributed by atoms with E-state index in [-0.39, 0.29) is 31.0 Å². The van der Waals surface area contributed by atoms with Gasteiger partial charge in [-0.15, -0.1) is 0 Å². The van der Waals surface area contributed by atoms with Crippen LogP contribution in [0.2, 0.25) is 0 Å². The maximum absolute atomic E-state index is 13.0. The Bertz CT molecular complexity index is 920. The predicted octanol–water partition coefficient (Wildman–Crippen LogP) is 2.73. The molecule has 150 valence electrons. The van der Waals surface area contributed by atoms with Gasteiger partial charge in [-0.2, -0.15) is 18.3 Å². The van der Waals surface area contributed by atoms with E-state index in [9.17, 15) is 22.8 Å². The number of carbonyl (C=O) groups is 2. The number of aryl methyl sites for hydroxylation is 2. The van der Waals surface area contributed by atoms with Gasteiger partial charge in [0.1, 0.15) is 0 Å². The number of halogens is 3. The van der Waals surface area contributed by atoms with Gasteiger partial charge in [0.2, 0.25) is 11.8 Å². The fourth-order valence-corrected chi connectivity index (χ4v) is 3.38. The van der Waals surface area contributed by atoms with Gasteiger partial charge in [0.15, 0.2) is 5.69 Å². The van der Waals surface area contributed by atoms with Crippen LogP contribution in [0.1, 0.15) is 28.8 Å². The number of hydrogen-bond donors (Lipinski definition) is 1. The molecule has 0 saturated carbocycles. The molecular formula is C19H21F3N4O2. The van der Waals surface area contributed by atoms with Crippen LogP contribution in [0.15, 0.2) is 24.4 Å². The summed E-state index contributed by atoms with van der Waals surface area (Å²) in [6.07, 6.45) is -3.34. The molecule has 1 fully saturated rings. The molecule has 1 saturated heterocycles. The van der Waals surface area contributed by atoms with Crippen LogP contribution in [-0.2, 0) is 29.4 Å². The lowest BCUT2D eigenvalue weighted by atomic mass is 10.1. The first-order valence-corrected chi connectivity index (χ1v) is 8.82. The molecule has 1 unspecified atom stereocenters. The zero-order valence-corrected chi connectivity index (χ0v) is 15.8. The highest BCUT2D eigenvalue weighted by Crippen LogP contribution is 2.31. The second-order valence-electron chi connectivity index (χ2n) is 7.02. The summed E-state index contributed by atoms with van der Waals surface area (Å²) in [6.45, 7) is 3.76. The molecule has 1 aliphatic rings. The fraction of sp³-hybridized carbons (Fsp3) is 0.421. The summed E-state index contributed by atoms with van der Waals surface area (Å²) in [5, 5.41) is 5.93. The average Bonchev–Trinajstić information content (AvgIpc) is 3.18. The number of carbonyl (C=O) groups excluding carboxylic acids is 2. The maximum atomic E-state index is 13.0. The minimum atomic E-state index is -4.59. The van der Waals surface area contributed by atoms with E-state index in [4.69, 9.17) is 0 Å². The number of alkyl halides is 3. The number of nitrogens with zero attached hydrogens (tertiary/aromatic N) is 3. The molecule has 1 aliphatic heterocycles. The van der Waals surface area contributed by atoms with E-state index in [0.717, 1.165) is 21.5 Å². The Kier molecular flexibility index (Phi) is 5.18. The zero-order valence-electron chi connectivity index (χ0n) is 15.8. The van der Waals surface area contributed by atoms with Gasteiger partial charge in [-0.3, -0.25) is 14.3 Å². The number of anilines is 1. The van der Waals surface area contributed by atoms with Gasteiger partial charge < -0.3 is 10.2 Å². The number of benzene rings is 1. The Morgan fingerprint density at radius 1 is 1.32 bits per heavy atom. The monoisotopic (exact) mass is 394 g/mol. The lowest BCUT2D eigenvalue weighted by Crippen LogP contribution is -2.33. The molecule has 3 rings (SSSR count). The van der Waals surface area contributed by atoms with Gasteiger partial charge in [-0.05, 0) is 31.0 Å². The van der Waals surface area contributed by atoms with Crippen molar-refractivity contribution >= 4 is 17.5 Å². The Hall–Kier alpha value is -2.84. The normalized spacial score (nSPS) is 17.3. The first-order valence-electron chi connectivity index (χ1n) is 8.82. The van der Waals surface area contributed by atoms with Crippen molar-refractivity contribution in [1.29, 1.82) is 0 Å². The van der Waals surface area contributed by atoms with Gasteiger partial charge in [0, 0.05) is 44.0 Å². The third kappa shape index (κ3) is 3.88. The highest BCUT2D eigenvalue weighted by molar-refractivity contribution is 6.00. The smallest absolute Gasteiger partial charge is 0.352 e. The largest absolute Gasteiger partial charge is 0.435 e. The van der Waals surface area contributed by atoms with E-state index in [1.807, 2.05) is 32.0 Å².